The fraction of sp³-hybridized carbons (Fsp3) is 0.318. The third-order valence-corrected chi connectivity index (χ3v) is 5.19. The lowest BCUT2D eigenvalue weighted by Crippen LogP contribution is -2.41. The zero-order valence-corrected chi connectivity index (χ0v) is 17.0. The van der Waals surface area contributed by atoms with Gasteiger partial charge < -0.3 is 24.2 Å². The summed E-state index contributed by atoms with van der Waals surface area (Å²) < 4.78 is 16.0. The Labute approximate surface area is 174 Å². The molecule has 3 aromatic rings. The van der Waals surface area contributed by atoms with Gasteiger partial charge in [-0.2, -0.15) is 4.98 Å². The van der Waals surface area contributed by atoms with Crippen molar-refractivity contribution >= 4 is 17.6 Å². The largest absolute Gasteiger partial charge is 0.497 e. The summed E-state index contributed by atoms with van der Waals surface area (Å²) in [5.74, 6) is 1.69. The number of benzene rings is 2. The summed E-state index contributed by atoms with van der Waals surface area (Å²) in [7, 11) is 3.21. The molecule has 1 atom stereocenters. The second-order valence-corrected chi connectivity index (χ2v) is 7.10. The van der Waals surface area contributed by atoms with E-state index in [0.29, 0.717) is 29.8 Å². The molecule has 0 radical (unpaired) electrons. The Hall–Kier alpha value is -3.55. The zero-order chi connectivity index (χ0) is 20.9. The third-order valence-electron chi connectivity index (χ3n) is 5.19. The molecule has 0 spiro atoms. The van der Waals surface area contributed by atoms with Gasteiger partial charge in [0.25, 0.3) is 0 Å². The Morgan fingerprint density at radius 1 is 1.13 bits per heavy atom. The van der Waals surface area contributed by atoms with Gasteiger partial charge >= 0.3 is 6.01 Å². The molecule has 0 bridgehead atoms. The summed E-state index contributed by atoms with van der Waals surface area (Å²) in [6.07, 6.45) is 1.67. The quantitative estimate of drug-likeness (QED) is 0.666. The lowest BCUT2D eigenvalue weighted by Gasteiger charge is -2.30. The maximum atomic E-state index is 12.8. The van der Waals surface area contributed by atoms with E-state index < -0.39 is 0 Å². The number of amides is 1. The number of ether oxygens (including phenoxy) is 2. The zero-order valence-electron chi connectivity index (χ0n) is 17.0. The number of rotatable bonds is 6. The summed E-state index contributed by atoms with van der Waals surface area (Å²) in [5.41, 5.74) is 1.51. The van der Waals surface area contributed by atoms with Crippen LogP contribution in [0.3, 0.4) is 0 Å². The summed E-state index contributed by atoms with van der Waals surface area (Å²) in [4.78, 5) is 19.3. The van der Waals surface area contributed by atoms with Gasteiger partial charge in [-0.25, -0.2) is 0 Å². The maximum absolute atomic E-state index is 12.8. The van der Waals surface area contributed by atoms with Crippen molar-refractivity contribution in [1.82, 2.24) is 10.1 Å². The Morgan fingerprint density at radius 3 is 2.70 bits per heavy atom. The standard InChI is InChI=1S/C22H24N4O4/c1-28-17-11-9-15(10-12-17)20-24-22(30-25-20)26-13-5-6-16(14-26)21(27)23-18-7-3-4-8-19(18)29-2/h3-4,7-12,16H,5-6,13-14H2,1-2H3,(H,23,27)/t16-/m1/s1. The molecule has 1 aromatic heterocycles. The number of carbonyl (C=O) groups excluding carboxylic acids is 1. The van der Waals surface area contributed by atoms with Crippen LogP contribution in [0.4, 0.5) is 11.7 Å². The summed E-state index contributed by atoms with van der Waals surface area (Å²) in [6, 6.07) is 15.3. The topological polar surface area (TPSA) is 89.7 Å². The molecular formula is C22H24N4O4. The Morgan fingerprint density at radius 2 is 1.93 bits per heavy atom. The average Bonchev–Trinajstić information content (AvgIpc) is 3.30. The highest BCUT2D eigenvalue weighted by atomic mass is 16.5. The van der Waals surface area contributed by atoms with Crippen molar-refractivity contribution in [2.45, 2.75) is 12.8 Å². The number of hydrogen-bond acceptors (Lipinski definition) is 7. The molecule has 0 unspecified atom stereocenters. The number of nitrogens with one attached hydrogen (secondary N) is 1. The molecule has 1 aliphatic heterocycles. The minimum atomic E-state index is -0.181. The number of anilines is 2. The molecule has 2 heterocycles. The monoisotopic (exact) mass is 408 g/mol. The van der Waals surface area contributed by atoms with Crippen LogP contribution in [0, 0.1) is 5.92 Å². The molecule has 8 heteroatoms. The van der Waals surface area contributed by atoms with Crippen molar-refractivity contribution in [1.29, 1.82) is 0 Å². The number of hydrogen-bond donors (Lipinski definition) is 1. The van der Waals surface area contributed by atoms with Gasteiger partial charge in [0.05, 0.1) is 25.8 Å². The molecule has 30 heavy (non-hydrogen) atoms. The minimum Gasteiger partial charge on any atom is -0.497 e. The molecule has 0 aliphatic carbocycles. The number of piperidine rings is 1. The van der Waals surface area contributed by atoms with Gasteiger partial charge in [-0.05, 0) is 49.2 Å². The van der Waals surface area contributed by atoms with E-state index in [0.717, 1.165) is 30.7 Å². The molecule has 2 aromatic carbocycles. The van der Waals surface area contributed by atoms with Crippen LogP contribution >= 0.6 is 0 Å². The summed E-state index contributed by atoms with van der Waals surface area (Å²) >= 11 is 0. The second-order valence-electron chi connectivity index (χ2n) is 7.10. The van der Waals surface area contributed by atoms with Crippen molar-refractivity contribution in [3.05, 3.63) is 48.5 Å². The van der Waals surface area contributed by atoms with Crippen LogP contribution in [0.2, 0.25) is 0 Å². The van der Waals surface area contributed by atoms with Crippen LogP contribution in [0.5, 0.6) is 11.5 Å². The molecule has 156 valence electrons. The van der Waals surface area contributed by atoms with Gasteiger partial charge in [0.1, 0.15) is 11.5 Å². The van der Waals surface area contributed by atoms with E-state index in [1.807, 2.05) is 53.4 Å². The van der Waals surface area contributed by atoms with E-state index >= 15 is 0 Å². The van der Waals surface area contributed by atoms with E-state index in [4.69, 9.17) is 14.0 Å². The molecule has 1 saturated heterocycles. The molecule has 1 N–H and O–H groups in total. The van der Waals surface area contributed by atoms with E-state index in [9.17, 15) is 4.79 Å². The smallest absolute Gasteiger partial charge is 0.324 e. The van der Waals surface area contributed by atoms with Gasteiger partial charge in [0.15, 0.2) is 0 Å². The van der Waals surface area contributed by atoms with Crippen molar-refractivity contribution in [2.24, 2.45) is 5.92 Å². The minimum absolute atomic E-state index is 0.0425. The number of aromatic nitrogens is 2. The van der Waals surface area contributed by atoms with E-state index in [-0.39, 0.29) is 11.8 Å². The second kappa shape index (κ2) is 8.86. The van der Waals surface area contributed by atoms with E-state index in [1.54, 1.807) is 14.2 Å². The van der Waals surface area contributed by atoms with Crippen LogP contribution in [0.25, 0.3) is 11.4 Å². The number of methoxy groups -OCH3 is 2. The highest BCUT2D eigenvalue weighted by Crippen LogP contribution is 2.28. The van der Waals surface area contributed by atoms with Gasteiger partial charge in [-0.3, -0.25) is 4.79 Å². The number of nitrogens with zero attached hydrogens (tertiary/aromatic N) is 3. The van der Waals surface area contributed by atoms with Crippen LogP contribution in [-0.4, -0.2) is 43.4 Å². The first-order chi connectivity index (χ1) is 14.7. The summed E-state index contributed by atoms with van der Waals surface area (Å²) in [5, 5.41) is 7.07. The van der Waals surface area contributed by atoms with Crippen molar-refractivity contribution in [2.75, 3.05) is 37.5 Å². The van der Waals surface area contributed by atoms with Crippen molar-refractivity contribution in [3.63, 3.8) is 0 Å². The summed E-state index contributed by atoms with van der Waals surface area (Å²) in [6.45, 7) is 1.29. The fourth-order valence-electron chi connectivity index (χ4n) is 3.55. The van der Waals surface area contributed by atoms with Gasteiger partial charge in [-0.1, -0.05) is 17.3 Å². The first kappa shape index (κ1) is 19.8. The van der Waals surface area contributed by atoms with Gasteiger partial charge in [-0.15, -0.1) is 0 Å². The maximum Gasteiger partial charge on any atom is 0.324 e. The van der Waals surface area contributed by atoms with Crippen molar-refractivity contribution in [3.8, 4) is 22.9 Å². The molecule has 8 nitrogen and oxygen atoms in total. The number of para-hydroxylation sites is 2. The molecular weight excluding hydrogens is 384 g/mol. The predicted octanol–water partition coefficient (Wildman–Crippen LogP) is 3.61. The van der Waals surface area contributed by atoms with Gasteiger partial charge in [0, 0.05) is 18.7 Å². The molecule has 1 fully saturated rings. The Balaban J connectivity index is 1.43. The SMILES string of the molecule is COc1ccc(-c2noc(N3CCC[C@@H](C(=O)Nc4ccccc4OC)C3)n2)cc1. The molecule has 4 rings (SSSR count). The number of carbonyl (C=O) groups is 1. The molecule has 1 amide bonds. The average molecular weight is 408 g/mol. The molecule has 1 aliphatic rings. The lowest BCUT2D eigenvalue weighted by atomic mass is 9.97. The van der Waals surface area contributed by atoms with E-state index in [2.05, 4.69) is 15.5 Å². The van der Waals surface area contributed by atoms with Crippen LogP contribution in [-0.2, 0) is 4.79 Å². The first-order valence-corrected chi connectivity index (χ1v) is 9.85. The highest BCUT2D eigenvalue weighted by Gasteiger charge is 2.29. The van der Waals surface area contributed by atoms with Crippen LogP contribution in [0.15, 0.2) is 53.1 Å². The fourth-order valence-corrected chi connectivity index (χ4v) is 3.55. The van der Waals surface area contributed by atoms with Gasteiger partial charge in [0.2, 0.25) is 11.7 Å². The third kappa shape index (κ3) is 4.22. The van der Waals surface area contributed by atoms with E-state index in [1.165, 1.54) is 0 Å². The molecule has 0 saturated carbocycles. The van der Waals surface area contributed by atoms with Crippen LogP contribution < -0.4 is 19.7 Å². The Kier molecular flexibility index (Phi) is 5.83. The Bertz CT molecular complexity index is 1000. The highest BCUT2D eigenvalue weighted by molar-refractivity contribution is 5.94. The normalized spacial score (nSPS) is 16.2. The lowest BCUT2D eigenvalue weighted by molar-refractivity contribution is -0.120. The van der Waals surface area contributed by atoms with Crippen molar-refractivity contribution < 1.29 is 18.8 Å². The van der Waals surface area contributed by atoms with Crippen LogP contribution in [0.1, 0.15) is 12.8 Å². The predicted molar refractivity (Wildman–Crippen MR) is 113 cm³/mol. The first-order valence-electron chi connectivity index (χ1n) is 9.85.